The molecule has 0 aromatic carbocycles. The fourth-order valence-corrected chi connectivity index (χ4v) is 3.10. The highest BCUT2D eigenvalue weighted by Crippen LogP contribution is 2.23. The summed E-state index contributed by atoms with van der Waals surface area (Å²) in [6, 6.07) is 4.37. The van der Waals surface area contributed by atoms with E-state index in [0.717, 1.165) is 30.6 Å². The van der Waals surface area contributed by atoms with Crippen LogP contribution in [0.5, 0.6) is 0 Å². The second kappa shape index (κ2) is 5.37. The number of rotatable bonds is 4. The van der Waals surface area contributed by atoms with Crippen molar-refractivity contribution in [1.29, 1.82) is 0 Å². The first-order valence-electron chi connectivity index (χ1n) is 7.33. The maximum atomic E-state index is 11.0. The van der Waals surface area contributed by atoms with Crippen LogP contribution in [-0.2, 0) is 6.42 Å². The summed E-state index contributed by atoms with van der Waals surface area (Å²) < 4.78 is 2.06. The van der Waals surface area contributed by atoms with Crippen LogP contribution in [-0.4, -0.2) is 39.7 Å². The normalized spacial score (nSPS) is 20.1. The Morgan fingerprint density at radius 2 is 2.35 bits per heavy atom. The van der Waals surface area contributed by atoms with Crippen LogP contribution >= 0.6 is 0 Å². The molecule has 1 unspecified atom stereocenters. The quantitative estimate of drug-likeness (QED) is 0.801. The highest BCUT2D eigenvalue weighted by atomic mass is 16.1. The number of aldehydes is 1. The Kier molecular flexibility index (Phi) is 3.57. The Hall–Kier alpha value is -1.68. The number of hydrogen-bond acceptors (Lipinski definition) is 3. The zero-order chi connectivity index (χ0) is 14.1. The minimum atomic E-state index is 0.624. The number of imidazole rings is 1. The third-order valence-electron chi connectivity index (χ3n) is 4.33. The molecule has 0 radical (unpaired) electrons. The first kappa shape index (κ1) is 13.3. The molecule has 1 atom stereocenters. The minimum Gasteiger partial charge on any atom is -0.303 e. The van der Waals surface area contributed by atoms with E-state index in [1.807, 2.05) is 24.5 Å². The molecule has 0 N–H and O–H groups in total. The second-order valence-corrected chi connectivity index (χ2v) is 5.96. The van der Waals surface area contributed by atoms with Gasteiger partial charge in [-0.25, -0.2) is 4.98 Å². The van der Waals surface area contributed by atoms with Gasteiger partial charge in [0.15, 0.2) is 6.29 Å². The van der Waals surface area contributed by atoms with Gasteiger partial charge in [-0.1, -0.05) is 0 Å². The van der Waals surface area contributed by atoms with Gasteiger partial charge >= 0.3 is 0 Å². The van der Waals surface area contributed by atoms with E-state index < -0.39 is 0 Å². The van der Waals surface area contributed by atoms with Crippen LogP contribution in [0.15, 0.2) is 24.5 Å². The number of fused-ring (bicyclic) bond motifs is 1. The Balaban J connectivity index is 1.80. The Morgan fingerprint density at radius 3 is 3.05 bits per heavy atom. The van der Waals surface area contributed by atoms with Gasteiger partial charge in [-0.3, -0.25) is 4.79 Å². The Morgan fingerprint density at radius 1 is 1.50 bits per heavy atom. The van der Waals surface area contributed by atoms with Crippen LogP contribution in [0.4, 0.5) is 0 Å². The van der Waals surface area contributed by atoms with Crippen molar-refractivity contribution in [3.8, 4) is 0 Å². The summed E-state index contributed by atoms with van der Waals surface area (Å²) in [5.74, 6) is 1.74. The van der Waals surface area contributed by atoms with E-state index in [0.29, 0.717) is 17.5 Å². The standard InChI is InChI=1S/C16H21N3O/c1-12(2)18-7-5-13(10-18)8-16-17-9-15-14(11-20)4-3-6-19(15)16/h3-4,6,9,11-13H,5,7-8,10H2,1-2H3. The van der Waals surface area contributed by atoms with Gasteiger partial charge in [-0.05, 0) is 44.9 Å². The van der Waals surface area contributed by atoms with Crippen molar-refractivity contribution in [3.63, 3.8) is 0 Å². The van der Waals surface area contributed by atoms with Crippen LogP contribution < -0.4 is 0 Å². The van der Waals surface area contributed by atoms with Crippen molar-refractivity contribution >= 4 is 11.8 Å². The van der Waals surface area contributed by atoms with Crippen molar-refractivity contribution in [2.45, 2.75) is 32.7 Å². The lowest BCUT2D eigenvalue weighted by Crippen LogP contribution is -2.28. The summed E-state index contributed by atoms with van der Waals surface area (Å²) in [5, 5.41) is 0. The molecular formula is C16H21N3O. The number of pyridine rings is 1. The van der Waals surface area contributed by atoms with Gasteiger partial charge in [0.05, 0.1) is 11.7 Å². The monoisotopic (exact) mass is 271 g/mol. The second-order valence-electron chi connectivity index (χ2n) is 5.96. The summed E-state index contributed by atoms with van der Waals surface area (Å²) >= 11 is 0. The molecule has 4 heteroatoms. The van der Waals surface area contributed by atoms with E-state index in [1.54, 1.807) is 0 Å². The summed E-state index contributed by atoms with van der Waals surface area (Å²) in [6.45, 7) is 6.85. The summed E-state index contributed by atoms with van der Waals surface area (Å²) in [4.78, 5) is 18.1. The maximum Gasteiger partial charge on any atom is 0.152 e. The molecule has 0 spiro atoms. The fraction of sp³-hybridized carbons (Fsp3) is 0.500. The number of carbonyl (C=O) groups excluding carboxylic acids is 1. The molecule has 3 heterocycles. The van der Waals surface area contributed by atoms with E-state index in [9.17, 15) is 4.79 Å². The fourth-order valence-electron chi connectivity index (χ4n) is 3.10. The van der Waals surface area contributed by atoms with Crippen LogP contribution in [0, 0.1) is 5.92 Å². The number of hydrogen-bond donors (Lipinski definition) is 0. The average Bonchev–Trinajstić information content (AvgIpc) is 3.06. The molecule has 2 aromatic heterocycles. The van der Waals surface area contributed by atoms with E-state index in [1.165, 1.54) is 13.0 Å². The summed E-state index contributed by atoms with van der Waals surface area (Å²) in [6.07, 6.45) is 6.94. The number of likely N-dealkylation sites (tertiary alicyclic amines) is 1. The largest absolute Gasteiger partial charge is 0.303 e. The molecule has 2 aromatic rings. The molecule has 1 fully saturated rings. The molecule has 0 saturated carbocycles. The van der Waals surface area contributed by atoms with E-state index >= 15 is 0 Å². The van der Waals surface area contributed by atoms with Gasteiger partial charge in [0.1, 0.15) is 5.82 Å². The first-order valence-corrected chi connectivity index (χ1v) is 7.33. The SMILES string of the molecule is CC(C)N1CCC(Cc2ncc3c(C=O)cccn23)C1. The third-order valence-corrected chi connectivity index (χ3v) is 4.33. The van der Waals surface area contributed by atoms with Gasteiger partial charge in [0.2, 0.25) is 0 Å². The highest BCUT2D eigenvalue weighted by molar-refractivity contribution is 5.85. The lowest BCUT2D eigenvalue weighted by molar-refractivity contribution is 0.112. The number of carbonyl (C=O) groups is 1. The van der Waals surface area contributed by atoms with Gasteiger partial charge in [0.25, 0.3) is 0 Å². The molecule has 0 amide bonds. The zero-order valence-electron chi connectivity index (χ0n) is 12.1. The van der Waals surface area contributed by atoms with E-state index in [-0.39, 0.29) is 0 Å². The molecule has 0 bridgehead atoms. The van der Waals surface area contributed by atoms with Crippen LogP contribution in [0.1, 0.15) is 36.5 Å². The predicted octanol–water partition coefficient (Wildman–Crippen LogP) is 2.42. The highest BCUT2D eigenvalue weighted by Gasteiger charge is 2.25. The lowest BCUT2D eigenvalue weighted by Gasteiger charge is -2.20. The molecule has 1 aliphatic rings. The zero-order valence-corrected chi connectivity index (χ0v) is 12.1. The lowest BCUT2D eigenvalue weighted by atomic mass is 10.0. The average molecular weight is 271 g/mol. The van der Waals surface area contributed by atoms with Crippen molar-refractivity contribution < 1.29 is 4.79 Å². The third kappa shape index (κ3) is 2.36. The van der Waals surface area contributed by atoms with Crippen LogP contribution in [0.25, 0.3) is 5.52 Å². The Labute approximate surface area is 119 Å². The molecule has 20 heavy (non-hydrogen) atoms. The van der Waals surface area contributed by atoms with Crippen LogP contribution in [0.3, 0.4) is 0 Å². The Bertz CT molecular complexity index is 617. The molecule has 3 rings (SSSR count). The van der Waals surface area contributed by atoms with Crippen LogP contribution in [0.2, 0.25) is 0 Å². The molecular weight excluding hydrogens is 250 g/mol. The minimum absolute atomic E-state index is 0.624. The van der Waals surface area contributed by atoms with E-state index in [4.69, 9.17) is 0 Å². The van der Waals surface area contributed by atoms with Crippen molar-refractivity contribution in [2.24, 2.45) is 5.92 Å². The van der Waals surface area contributed by atoms with E-state index in [2.05, 4.69) is 28.1 Å². The van der Waals surface area contributed by atoms with Gasteiger partial charge in [-0.15, -0.1) is 0 Å². The molecule has 4 nitrogen and oxygen atoms in total. The number of aromatic nitrogens is 2. The first-order chi connectivity index (χ1) is 9.69. The maximum absolute atomic E-state index is 11.0. The van der Waals surface area contributed by atoms with Crippen molar-refractivity contribution in [2.75, 3.05) is 13.1 Å². The van der Waals surface area contributed by atoms with Gasteiger partial charge in [-0.2, -0.15) is 0 Å². The molecule has 106 valence electrons. The van der Waals surface area contributed by atoms with Gasteiger partial charge in [0, 0.05) is 30.8 Å². The van der Waals surface area contributed by atoms with Gasteiger partial charge < -0.3 is 9.30 Å². The summed E-state index contributed by atoms with van der Waals surface area (Å²) in [5.41, 5.74) is 1.62. The molecule has 1 aliphatic heterocycles. The smallest absolute Gasteiger partial charge is 0.152 e. The van der Waals surface area contributed by atoms with Crippen molar-refractivity contribution in [1.82, 2.24) is 14.3 Å². The molecule has 1 saturated heterocycles. The number of nitrogens with zero attached hydrogens (tertiary/aromatic N) is 3. The summed E-state index contributed by atoms with van der Waals surface area (Å²) in [7, 11) is 0. The topological polar surface area (TPSA) is 37.6 Å². The molecule has 0 aliphatic carbocycles. The predicted molar refractivity (Wildman–Crippen MR) is 79.1 cm³/mol. The van der Waals surface area contributed by atoms with Crippen molar-refractivity contribution in [3.05, 3.63) is 35.9 Å².